The average molecular weight is 633 g/mol. The van der Waals surface area contributed by atoms with E-state index in [0.29, 0.717) is 18.1 Å². The van der Waals surface area contributed by atoms with E-state index in [1.165, 1.54) is 32.1 Å². The van der Waals surface area contributed by atoms with Crippen LogP contribution in [0.1, 0.15) is 67.9 Å². The van der Waals surface area contributed by atoms with Crippen LogP contribution >= 0.6 is 0 Å². The molecular formula is C31H31F7O6. The lowest BCUT2D eigenvalue weighted by Gasteiger charge is -2.62. The number of ether oxygens (including phenoxy) is 1. The third kappa shape index (κ3) is 4.32. The Morgan fingerprint density at radius 3 is 2.20 bits per heavy atom. The number of ketones is 2. The predicted molar refractivity (Wildman–Crippen MR) is 140 cm³/mol. The van der Waals surface area contributed by atoms with Crippen LogP contribution in [0.15, 0.2) is 42.0 Å². The van der Waals surface area contributed by atoms with Crippen molar-refractivity contribution < 1.29 is 60.1 Å². The van der Waals surface area contributed by atoms with Gasteiger partial charge in [0.2, 0.25) is 5.78 Å². The summed E-state index contributed by atoms with van der Waals surface area (Å²) in [7, 11) is 0. The Kier molecular flexibility index (Phi) is 7.33. The molecule has 2 N–H and O–H groups in total. The number of carbonyl (C=O) groups excluding carboxylic acids is 3. The second-order valence-corrected chi connectivity index (χ2v) is 12.9. The molecule has 4 aliphatic rings. The van der Waals surface area contributed by atoms with Gasteiger partial charge in [-0.1, -0.05) is 31.6 Å². The fourth-order valence-corrected chi connectivity index (χ4v) is 8.70. The van der Waals surface area contributed by atoms with E-state index in [4.69, 9.17) is 4.74 Å². The van der Waals surface area contributed by atoms with E-state index in [-0.39, 0.29) is 30.8 Å². The van der Waals surface area contributed by atoms with Crippen molar-refractivity contribution in [2.75, 3.05) is 6.61 Å². The van der Waals surface area contributed by atoms with Crippen LogP contribution in [-0.4, -0.2) is 51.7 Å². The van der Waals surface area contributed by atoms with E-state index in [1.807, 2.05) is 0 Å². The van der Waals surface area contributed by atoms with Crippen molar-refractivity contribution in [3.8, 4) is 0 Å². The van der Waals surface area contributed by atoms with Gasteiger partial charge in [0.05, 0.1) is 22.8 Å². The van der Waals surface area contributed by atoms with Gasteiger partial charge in [-0.3, -0.25) is 9.59 Å². The van der Waals surface area contributed by atoms with Crippen LogP contribution in [0.5, 0.6) is 0 Å². The number of benzene rings is 1. The Balaban J connectivity index is 1.45. The van der Waals surface area contributed by atoms with E-state index in [0.717, 1.165) is 0 Å². The number of esters is 1. The van der Waals surface area contributed by atoms with Crippen LogP contribution in [-0.2, 0) is 26.7 Å². The number of aliphatic hydroxyl groups is 2. The largest absolute Gasteiger partial charge is 0.454 e. The molecule has 1 aromatic carbocycles. The van der Waals surface area contributed by atoms with Gasteiger partial charge in [0.1, 0.15) is 5.60 Å². The standard InChI is InChI=1S/C31H31F7O6/c1-15-11-21-18-8-7-16-12-17(39)9-10-26(16,2)28(18,32)22(40)13-27(21,3)29(15,43)23(41)14-44-25(42)24-19(30(33,34)35)5-4-6-20(24)31(36,37)38/h4-6,9-10,12,15,18,21-22,40,43H,7-8,11,13-14H2,1-3H3/t15-,18+,21+,22+,26+,27+,28+,29+/m1/s1. The number of carbonyl (C=O) groups is 3. The van der Waals surface area contributed by atoms with Gasteiger partial charge >= 0.3 is 18.3 Å². The first-order valence-electron chi connectivity index (χ1n) is 14.2. The fourth-order valence-electron chi connectivity index (χ4n) is 8.70. The molecule has 0 bridgehead atoms. The van der Waals surface area contributed by atoms with Crippen molar-refractivity contribution >= 4 is 17.5 Å². The molecule has 8 atom stereocenters. The van der Waals surface area contributed by atoms with Gasteiger partial charge in [-0.05, 0) is 68.7 Å². The third-order valence-corrected chi connectivity index (χ3v) is 10.9. The van der Waals surface area contributed by atoms with Gasteiger partial charge in [0, 0.05) is 16.7 Å². The van der Waals surface area contributed by atoms with Crippen LogP contribution in [0.3, 0.4) is 0 Å². The lowest BCUT2D eigenvalue weighted by atomic mass is 9.44. The van der Waals surface area contributed by atoms with E-state index in [9.17, 15) is 50.9 Å². The second kappa shape index (κ2) is 9.97. The number of rotatable bonds is 4. The molecule has 3 saturated carbocycles. The highest BCUT2D eigenvalue weighted by Gasteiger charge is 2.75. The highest BCUT2D eigenvalue weighted by atomic mass is 19.4. The van der Waals surface area contributed by atoms with Gasteiger partial charge in [-0.25, -0.2) is 9.18 Å². The van der Waals surface area contributed by atoms with Crippen molar-refractivity contribution in [2.24, 2.45) is 28.6 Å². The molecule has 0 spiro atoms. The Morgan fingerprint density at radius 1 is 1.05 bits per heavy atom. The molecule has 4 aliphatic carbocycles. The SMILES string of the molecule is C[C@@H]1C[C@H]2[C@@H]3CCC4=CC(=O)C=C[C@]4(C)[C@@]3(F)[C@@H](O)C[C@]2(C)[C@@]1(O)C(=O)COC(=O)c1c(C(F)(F)F)cccc1C(F)(F)F. The van der Waals surface area contributed by atoms with Gasteiger partial charge in [0.25, 0.3) is 0 Å². The summed E-state index contributed by atoms with van der Waals surface area (Å²) in [5, 5.41) is 23.3. The highest BCUT2D eigenvalue weighted by molar-refractivity contribution is 6.01. The maximum absolute atomic E-state index is 17.3. The van der Waals surface area contributed by atoms with Crippen LogP contribution < -0.4 is 0 Å². The van der Waals surface area contributed by atoms with Crippen molar-refractivity contribution in [1.82, 2.24) is 0 Å². The Morgan fingerprint density at radius 2 is 1.64 bits per heavy atom. The molecule has 0 aliphatic heterocycles. The molecule has 44 heavy (non-hydrogen) atoms. The molecule has 1 aromatic rings. The summed E-state index contributed by atoms with van der Waals surface area (Å²) in [6.45, 7) is 3.20. The molecule has 0 heterocycles. The van der Waals surface area contributed by atoms with Gasteiger partial charge < -0.3 is 14.9 Å². The van der Waals surface area contributed by atoms with Crippen molar-refractivity contribution in [3.63, 3.8) is 0 Å². The summed E-state index contributed by atoms with van der Waals surface area (Å²) >= 11 is 0. The maximum atomic E-state index is 17.3. The lowest BCUT2D eigenvalue weighted by molar-refractivity contribution is -0.219. The molecule has 0 unspecified atom stereocenters. The predicted octanol–water partition coefficient (Wildman–Crippen LogP) is 5.80. The molecule has 13 heteroatoms. The molecule has 0 saturated heterocycles. The molecule has 0 radical (unpaired) electrons. The fraction of sp³-hybridized carbons (Fsp3) is 0.581. The zero-order valence-corrected chi connectivity index (χ0v) is 24.0. The minimum Gasteiger partial charge on any atom is -0.454 e. The molecule has 5 rings (SSSR count). The zero-order chi connectivity index (χ0) is 32.8. The number of halogens is 7. The third-order valence-electron chi connectivity index (χ3n) is 10.9. The molecule has 3 fully saturated rings. The summed E-state index contributed by atoms with van der Waals surface area (Å²) in [5.74, 6) is -6.03. The number of hydrogen-bond donors (Lipinski definition) is 2. The number of fused-ring (bicyclic) bond motifs is 5. The van der Waals surface area contributed by atoms with E-state index in [2.05, 4.69) is 0 Å². The first-order chi connectivity index (χ1) is 20.1. The molecule has 6 nitrogen and oxygen atoms in total. The number of aliphatic hydroxyl groups excluding tert-OH is 1. The Labute approximate surface area is 247 Å². The number of allylic oxidation sites excluding steroid dienone is 4. The highest BCUT2D eigenvalue weighted by Crippen LogP contribution is 2.70. The van der Waals surface area contributed by atoms with Crippen molar-refractivity contribution in [2.45, 2.75) is 76.2 Å². The van der Waals surface area contributed by atoms with Gasteiger partial charge in [0.15, 0.2) is 18.1 Å². The summed E-state index contributed by atoms with van der Waals surface area (Å²) in [6.07, 6.45) is -8.23. The second-order valence-electron chi connectivity index (χ2n) is 12.9. The normalized spacial score (nSPS) is 38.4. The van der Waals surface area contributed by atoms with Crippen LogP contribution in [0, 0.1) is 28.6 Å². The van der Waals surface area contributed by atoms with Gasteiger partial charge in [-0.2, -0.15) is 26.3 Å². The van der Waals surface area contributed by atoms with Crippen molar-refractivity contribution in [3.05, 3.63) is 58.7 Å². The topological polar surface area (TPSA) is 101 Å². The van der Waals surface area contributed by atoms with Crippen LogP contribution in [0.4, 0.5) is 30.7 Å². The van der Waals surface area contributed by atoms with Crippen LogP contribution in [0.25, 0.3) is 0 Å². The number of Topliss-reactive ketones (excluding diaryl/α,β-unsaturated/α-hetero) is 1. The lowest BCUT2D eigenvalue weighted by Crippen LogP contribution is -2.69. The Bertz CT molecular complexity index is 1450. The summed E-state index contributed by atoms with van der Waals surface area (Å²) < 4.78 is 103. The van der Waals surface area contributed by atoms with Crippen molar-refractivity contribution in [1.29, 1.82) is 0 Å². The van der Waals surface area contributed by atoms with E-state index < -0.39 is 99.8 Å². The minimum absolute atomic E-state index is 0.0998. The molecule has 0 amide bonds. The summed E-state index contributed by atoms with van der Waals surface area (Å²) in [5.41, 5.74) is -12.6. The molecule has 240 valence electrons. The van der Waals surface area contributed by atoms with E-state index >= 15 is 4.39 Å². The van der Waals surface area contributed by atoms with E-state index in [1.54, 1.807) is 6.92 Å². The van der Waals surface area contributed by atoms with Gasteiger partial charge in [-0.15, -0.1) is 0 Å². The number of alkyl halides is 7. The summed E-state index contributed by atoms with van der Waals surface area (Å²) in [6, 6.07) is 1.05. The zero-order valence-electron chi connectivity index (χ0n) is 24.0. The first-order valence-corrected chi connectivity index (χ1v) is 14.2. The minimum atomic E-state index is -5.36. The average Bonchev–Trinajstić information content (AvgIpc) is 3.12. The smallest absolute Gasteiger partial charge is 0.417 e. The quantitative estimate of drug-likeness (QED) is 0.322. The Hall–Kier alpha value is -3.06. The molecule has 0 aromatic heterocycles. The van der Waals surface area contributed by atoms with Crippen LogP contribution in [0.2, 0.25) is 0 Å². The first kappa shape index (κ1) is 32.3. The maximum Gasteiger partial charge on any atom is 0.417 e. The molecular weight excluding hydrogens is 601 g/mol. The monoisotopic (exact) mass is 632 g/mol. The summed E-state index contributed by atoms with van der Waals surface area (Å²) in [4.78, 5) is 38.4. The number of hydrogen-bond acceptors (Lipinski definition) is 6.